The van der Waals surface area contributed by atoms with Crippen molar-refractivity contribution >= 4 is 23.2 Å². The van der Waals surface area contributed by atoms with Crippen LogP contribution in [0.2, 0.25) is 5.02 Å². The summed E-state index contributed by atoms with van der Waals surface area (Å²) in [7, 11) is 0. The smallest absolute Gasteiger partial charge is 0.0662 e. The molecule has 0 radical (unpaired) electrons. The van der Waals surface area contributed by atoms with E-state index in [1.54, 1.807) is 0 Å². The lowest BCUT2D eigenvalue weighted by Gasteiger charge is -2.07. The van der Waals surface area contributed by atoms with Crippen LogP contribution < -0.4 is 0 Å². The molecule has 0 aliphatic rings. The molecule has 0 fully saturated rings. The van der Waals surface area contributed by atoms with E-state index in [1.165, 1.54) is 11.3 Å². The van der Waals surface area contributed by atoms with Crippen LogP contribution in [0.1, 0.15) is 23.7 Å². The Balaban J connectivity index is 2.23. The monoisotopic (exact) mass is 268 g/mol. The molecule has 1 aromatic carbocycles. The second kappa shape index (κ2) is 5.56. The third kappa shape index (κ3) is 2.82. The summed E-state index contributed by atoms with van der Waals surface area (Å²) >= 11 is 11.7. The second-order valence-corrected chi connectivity index (χ2v) is 4.59. The number of hydrogen-bond acceptors (Lipinski definition) is 1. The molecule has 2 nitrogen and oxygen atoms in total. The van der Waals surface area contributed by atoms with Crippen LogP contribution in [-0.2, 0) is 18.8 Å². The van der Waals surface area contributed by atoms with E-state index in [9.17, 15) is 0 Å². The molecule has 0 spiro atoms. The van der Waals surface area contributed by atoms with Crippen LogP contribution in [-0.4, -0.2) is 9.78 Å². The maximum Gasteiger partial charge on any atom is 0.0662 e. The Labute approximate surface area is 111 Å². The van der Waals surface area contributed by atoms with E-state index in [0.29, 0.717) is 5.88 Å². The standard InChI is InChI=1S/C13H14Cl2N2/c1-2-13-11(7-14)8-16-17(13)9-10-3-5-12(15)6-4-10/h3-6,8H,2,7,9H2,1H3. The Morgan fingerprint density at radius 3 is 2.53 bits per heavy atom. The van der Waals surface area contributed by atoms with Crippen molar-refractivity contribution in [3.63, 3.8) is 0 Å². The summed E-state index contributed by atoms with van der Waals surface area (Å²) in [6.45, 7) is 2.88. The van der Waals surface area contributed by atoms with E-state index < -0.39 is 0 Å². The highest BCUT2D eigenvalue weighted by Crippen LogP contribution is 2.15. The normalized spacial score (nSPS) is 10.8. The first-order valence-corrected chi connectivity index (χ1v) is 6.49. The van der Waals surface area contributed by atoms with Gasteiger partial charge in [-0.1, -0.05) is 30.7 Å². The highest BCUT2D eigenvalue weighted by atomic mass is 35.5. The van der Waals surface area contributed by atoms with Crippen molar-refractivity contribution in [2.24, 2.45) is 0 Å². The van der Waals surface area contributed by atoms with Gasteiger partial charge in [0.25, 0.3) is 0 Å². The van der Waals surface area contributed by atoms with Crippen LogP contribution in [0.25, 0.3) is 0 Å². The molecule has 90 valence electrons. The molecule has 2 aromatic rings. The summed E-state index contributed by atoms with van der Waals surface area (Å²) in [6.07, 6.45) is 2.79. The van der Waals surface area contributed by atoms with Crippen molar-refractivity contribution in [1.82, 2.24) is 9.78 Å². The molecule has 0 bridgehead atoms. The van der Waals surface area contributed by atoms with Gasteiger partial charge in [0.1, 0.15) is 0 Å². The molecule has 1 aromatic heterocycles. The van der Waals surface area contributed by atoms with Gasteiger partial charge in [0.15, 0.2) is 0 Å². The zero-order valence-corrected chi connectivity index (χ0v) is 11.2. The average molecular weight is 269 g/mol. The summed E-state index contributed by atoms with van der Waals surface area (Å²) in [6, 6.07) is 7.83. The second-order valence-electron chi connectivity index (χ2n) is 3.89. The van der Waals surface area contributed by atoms with Gasteiger partial charge in [-0.3, -0.25) is 4.68 Å². The van der Waals surface area contributed by atoms with Crippen molar-refractivity contribution < 1.29 is 0 Å². The minimum atomic E-state index is 0.518. The van der Waals surface area contributed by atoms with Crippen LogP contribution in [0.5, 0.6) is 0 Å². The Morgan fingerprint density at radius 1 is 1.24 bits per heavy atom. The topological polar surface area (TPSA) is 17.8 Å². The summed E-state index contributed by atoms with van der Waals surface area (Å²) < 4.78 is 2.00. The Hall–Kier alpha value is -0.990. The Bertz CT molecular complexity index is 489. The Kier molecular flexibility index (Phi) is 4.08. The van der Waals surface area contributed by atoms with E-state index in [1.807, 2.05) is 35.1 Å². The van der Waals surface area contributed by atoms with E-state index in [4.69, 9.17) is 23.2 Å². The molecule has 0 saturated heterocycles. The fraction of sp³-hybridized carbons (Fsp3) is 0.308. The number of alkyl halides is 1. The fourth-order valence-corrected chi connectivity index (χ4v) is 2.22. The molecule has 0 aliphatic carbocycles. The van der Waals surface area contributed by atoms with Crippen LogP contribution >= 0.6 is 23.2 Å². The van der Waals surface area contributed by atoms with Crippen LogP contribution in [0.3, 0.4) is 0 Å². The predicted molar refractivity (Wildman–Crippen MR) is 71.7 cm³/mol. The molecule has 0 N–H and O–H groups in total. The van der Waals surface area contributed by atoms with Crippen molar-refractivity contribution in [2.75, 3.05) is 0 Å². The number of hydrogen-bond donors (Lipinski definition) is 0. The summed E-state index contributed by atoms with van der Waals surface area (Å²) in [5.41, 5.74) is 3.51. The quantitative estimate of drug-likeness (QED) is 0.770. The van der Waals surface area contributed by atoms with Gasteiger partial charge in [-0.25, -0.2) is 0 Å². The number of benzene rings is 1. The first-order valence-electron chi connectivity index (χ1n) is 5.58. The van der Waals surface area contributed by atoms with Gasteiger partial charge in [-0.15, -0.1) is 11.6 Å². The van der Waals surface area contributed by atoms with Crippen LogP contribution in [0, 0.1) is 0 Å². The number of nitrogens with zero attached hydrogens (tertiary/aromatic N) is 2. The van der Waals surface area contributed by atoms with Gasteiger partial charge in [-0.2, -0.15) is 5.10 Å². The highest BCUT2D eigenvalue weighted by Gasteiger charge is 2.08. The van der Waals surface area contributed by atoms with E-state index >= 15 is 0 Å². The highest BCUT2D eigenvalue weighted by molar-refractivity contribution is 6.30. The van der Waals surface area contributed by atoms with Gasteiger partial charge in [0.05, 0.1) is 18.6 Å². The van der Waals surface area contributed by atoms with Crippen molar-refractivity contribution in [1.29, 1.82) is 0 Å². The third-order valence-electron chi connectivity index (χ3n) is 2.76. The molecule has 1 heterocycles. The largest absolute Gasteiger partial charge is 0.265 e. The molecule has 0 atom stereocenters. The van der Waals surface area contributed by atoms with Crippen LogP contribution in [0.4, 0.5) is 0 Å². The van der Waals surface area contributed by atoms with Gasteiger partial charge >= 0.3 is 0 Å². The van der Waals surface area contributed by atoms with Gasteiger partial charge in [0.2, 0.25) is 0 Å². The summed E-state index contributed by atoms with van der Waals surface area (Å²) in [5, 5.41) is 5.13. The molecule has 17 heavy (non-hydrogen) atoms. The first kappa shape index (κ1) is 12.5. The zero-order chi connectivity index (χ0) is 12.3. The maximum atomic E-state index is 5.88. The molecule has 0 saturated carbocycles. The van der Waals surface area contributed by atoms with Gasteiger partial charge in [-0.05, 0) is 24.1 Å². The van der Waals surface area contributed by atoms with E-state index in [-0.39, 0.29) is 0 Å². The SMILES string of the molecule is CCc1c(CCl)cnn1Cc1ccc(Cl)cc1. The molecule has 0 amide bonds. The van der Waals surface area contributed by atoms with Crippen LogP contribution in [0.15, 0.2) is 30.5 Å². The minimum absolute atomic E-state index is 0.518. The zero-order valence-electron chi connectivity index (χ0n) is 9.66. The lowest BCUT2D eigenvalue weighted by molar-refractivity contribution is 0.648. The van der Waals surface area contributed by atoms with Gasteiger partial charge < -0.3 is 0 Å². The molecule has 4 heteroatoms. The fourth-order valence-electron chi connectivity index (χ4n) is 1.87. The average Bonchev–Trinajstić information content (AvgIpc) is 2.74. The molecule has 0 unspecified atom stereocenters. The number of aromatic nitrogens is 2. The van der Waals surface area contributed by atoms with Crippen molar-refractivity contribution in [3.8, 4) is 0 Å². The Morgan fingerprint density at radius 2 is 1.94 bits per heavy atom. The third-order valence-corrected chi connectivity index (χ3v) is 3.30. The molecule has 2 rings (SSSR count). The predicted octanol–water partition coefficient (Wildman–Crippen LogP) is 3.89. The first-order chi connectivity index (χ1) is 8.24. The molecule has 0 aliphatic heterocycles. The molecular weight excluding hydrogens is 255 g/mol. The minimum Gasteiger partial charge on any atom is -0.265 e. The van der Waals surface area contributed by atoms with Gasteiger partial charge in [0, 0.05) is 16.3 Å². The van der Waals surface area contributed by atoms with E-state index in [2.05, 4.69) is 12.0 Å². The molecular formula is C13H14Cl2N2. The van der Waals surface area contributed by atoms with E-state index in [0.717, 1.165) is 23.6 Å². The number of rotatable bonds is 4. The summed E-state index contributed by atoms with van der Waals surface area (Å²) in [5.74, 6) is 0.518. The number of halogens is 2. The van der Waals surface area contributed by atoms with Crippen molar-refractivity contribution in [3.05, 3.63) is 52.3 Å². The van der Waals surface area contributed by atoms with Crippen molar-refractivity contribution in [2.45, 2.75) is 25.8 Å². The lowest BCUT2D eigenvalue weighted by atomic mass is 10.2. The summed E-state index contributed by atoms with van der Waals surface area (Å²) in [4.78, 5) is 0. The lowest BCUT2D eigenvalue weighted by Crippen LogP contribution is -2.06. The maximum absolute atomic E-state index is 5.88.